The van der Waals surface area contributed by atoms with Gasteiger partial charge < -0.3 is 9.30 Å². The minimum Gasteiger partial charge on any atom is -0.494 e. The van der Waals surface area contributed by atoms with Gasteiger partial charge in [-0.3, -0.25) is 4.79 Å². The first-order chi connectivity index (χ1) is 9.58. The molecule has 0 saturated carbocycles. The molecule has 0 aliphatic carbocycles. The van der Waals surface area contributed by atoms with E-state index >= 15 is 0 Å². The van der Waals surface area contributed by atoms with Crippen molar-refractivity contribution >= 4 is 11.6 Å². The predicted octanol–water partition coefficient (Wildman–Crippen LogP) is 3.52. The van der Waals surface area contributed by atoms with Crippen LogP contribution in [0.4, 0.5) is 4.39 Å². The van der Waals surface area contributed by atoms with Crippen molar-refractivity contribution in [1.82, 2.24) is 4.57 Å². The summed E-state index contributed by atoms with van der Waals surface area (Å²) in [6, 6.07) is 8.75. The Kier molecular flexibility index (Phi) is 7.05. The zero-order valence-corrected chi connectivity index (χ0v) is 15.4. The molecule has 0 saturated heterocycles. The van der Waals surface area contributed by atoms with Crippen LogP contribution < -0.4 is 10.3 Å². The second kappa shape index (κ2) is 8.07. The average molecular weight is 384 g/mol. The summed E-state index contributed by atoms with van der Waals surface area (Å²) in [4.78, 5) is 11.9. The molecule has 0 fully saturated rings. The molecule has 2 aromatic rings. The molecule has 3 nitrogen and oxygen atoms in total. The van der Waals surface area contributed by atoms with Crippen LogP contribution in [0.3, 0.4) is 0 Å². The van der Waals surface area contributed by atoms with Crippen molar-refractivity contribution < 1.29 is 41.8 Å². The molecule has 1 aromatic carbocycles. The molecule has 0 unspecified atom stereocenters. The number of hydrogen-bond donors (Lipinski definition) is 0. The van der Waals surface area contributed by atoms with Gasteiger partial charge in [0.2, 0.25) is 5.56 Å². The third kappa shape index (κ3) is 3.94. The van der Waals surface area contributed by atoms with E-state index in [2.05, 4.69) is 6.07 Å². The first-order valence-electron chi connectivity index (χ1n) is 6.32. The van der Waals surface area contributed by atoms with Gasteiger partial charge in [0.05, 0.1) is 12.4 Å². The number of aromatic nitrogens is 1. The molecule has 0 aliphatic rings. The maximum atomic E-state index is 14.2. The molecular formula is C15H14ClFNO2Y-. The summed E-state index contributed by atoms with van der Waals surface area (Å²) in [7, 11) is 0. The Balaban J connectivity index is 0.00000220. The van der Waals surface area contributed by atoms with Crippen molar-refractivity contribution in [2.45, 2.75) is 20.4 Å². The van der Waals surface area contributed by atoms with E-state index < -0.39 is 5.82 Å². The number of halogens is 2. The molecule has 0 aliphatic heterocycles. The van der Waals surface area contributed by atoms with E-state index in [1.54, 1.807) is 19.1 Å². The van der Waals surface area contributed by atoms with Crippen LogP contribution in [0.5, 0.6) is 5.75 Å². The van der Waals surface area contributed by atoms with Crippen molar-refractivity contribution in [3.05, 3.63) is 51.5 Å². The maximum Gasteiger partial charge on any atom is 0.212 e. The summed E-state index contributed by atoms with van der Waals surface area (Å²) in [5, 5.41) is 0.0712. The van der Waals surface area contributed by atoms with E-state index in [0.717, 1.165) is 0 Å². The van der Waals surface area contributed by atoms with E-state index in [1.165, 1.54) is 16.7 Å². The molecule has 0 amide bonds. The minimum atomic E-state index is -0.462. The summed E-state index contributed by atoms with van der Waals surface area (Å²) < 4.78 is 20.8. The quantitative estimate of drug-likeness (QED) is 0.757. The van der Waals surface area contributed by atoms with Gasteiger partial charge in [0.15, 0.2) is 0 Å². The van der Waals surface area contributed by atoms with Gasteiger partial charge in [0.25, 0.3) is 0 Å². The van der Waals surface area contributed by atoms with Crippen molar-refractivity contribution in [1.29, 1.82) is 0 Å². The fourth-order valence-electron chi connectivity index (χ4n) is 1.97. The molecule has 21 heavy (non-hydrogen) atoms. The maximum absolute atomic E-state index is 14.2. The Morgan fingerprint density at radius 2 is 2.10 bits per heavy atom. The van der Waals surface area contributed by atoms with Gasteiger partial charge in [-0.05, 0) is 19.9 Å². The summed E-state index contributed by atoms with van der Waals surface area (Å²) in [5.41, 5.74) is 0.322. The fraction of sp³-hybridized carbons (Fsp3) is 0.267. The van der Waals surface area contributed by atoms with Crippen molar-refractivity contribution in [2.75, 3.05) is 6.61 Å². The molecule has 6 heteroatoms. The molecule has 2 rings (SSSR count). The minimum absolute atomic E-state index is 0. The van der Waals surface area contributed by atoms with Crippen LogP contribution in [-0.2, 0) is 39.3 Å². The molecule has 0 atom stereocenters. The summed E-state index contributed by atoms with van der Waals surface area (Å²) in [6.07, 6.45) is 0. The van der Waals surface area contributed by atoms with Crippen LogP contribution in [0, 0.1) is 11.9 Å². The number of pyridine rings is 1. The Bertz CT molecular complexity index is 688. The van der Waals surface area contributed by atoms with Gasteiger partial charge >= 0.3 is 0 Å². The zero-order valence-electron chi connectivity index (χ0n) is 11.8. The summed E-state index contributed by atoms with van der Waals surface area (Å²) in [6.45, 7) is 4.47. The van der Waals surface area contributed by atoms with Gasteiger partial charge in [-0.1, -0.05) is 11.3 Å². The Labute approximate surface area is 153 Å². The third-order valence-electron chi connectivity index (χ3n) is 2.88. The SMILES string of the molecule is CCOc1ccc(-c2[c-]cc(Cl)c(=O)n2CC)c(F)c1.[Y]. The first-order valence-corrected chi connectivity index (χ1v) is 6.70. The van der Waals surface area contributed by atoms with Crippen molar-refractivity contribution in [3.63, 3.8) is 0 Å². The predicted molar refractivity (Wildman–Crippen MR) is 76.8 cm³/mol. The number of ether oxygens (including phenoxy) is 1. The van der Waals surface area contributed by atoms with Gasteiger partial charge in [-0.25, -0.2) is 4.39 Å². The standard InChI is InChI=1S/C15H14ClFNO2.Y/c1-3-18-14(8-7-12(16)15(18)19)11-6-5-10(20-4-2)9-13(11)17;/h5-7,9H,3-4H2,1-2H3;/q-1;. The Morgan fingerprint density at radius 1 is 1.38 bits per heavy atom. The number of rotatable bonds is 4. The van der Waals surface area contributed by atoms with E-state index in [9.17, 15) is 9.18 Å². The molecule has 0 N–H and O–H groups in total. The molecule has 1 radical (unpaired) electrons. The van der Waals surface area contributed by atoms with E-state index in [1.807, 2.05) is 6.92 Å². The number of hydrogen-bond acceptors (Lipinski definition) is 2. The van der Waals surface area contributed by atoms with E-state index in [0.29, 0.717) is 30.2 Å². The molecule has 0 bridgehead atoms. The Hall–Kier alpha value is -0.706. The van der Waals surface area contributed by atoms with Crippen LogP contribution >= 0.6 is 11.6 Å². The summed E-state index contributed by atoms with van der Waals surface area (Å²) in [5.74, 6) is -0.00997. The van der Waals surface area contributed by atoms with Crippen LogP contribution in [-0.4, -0.2) is 11.2 Å². The zero-order chi connectivity index (χ0) is 14.7. The fourth-order valence-corrected chi connectivity index (χ4v) is 2.13. The van der Waals surface area contributed by atoms with Gasteiger partial charge in [-0.2, -0.15) is 23.7 Å². The van der Waals surface area contributed by atoms with Gasteiger partial charge in [0, 0.05) is 50.3 Å². The second-order valence-electron chi connectivity index (χ2n) is 4.11. The largest absolute Gasteiger partial charge is 0.494 e. The molecule has 1 aromatic heterocycles. The molecule has 1 heterocycles. The third-order valence-corrected chi connectivity index (χ3v) is 3.15. The summed E-state index contributed by atoms with van der Waals surface area (Å²) >= 11 is 5.78. The average Bonchev–Trinajstić information content (AvgIpc) is 2.43. The normalized spacial score (nSPS) is 10.1. The van der Waals surface area contributed by atoms with Crippen molar-refractivity contribution in [3.8, 4) is 17.0 Å². The van der Waals surface area contributed by atoms with Gasteiger partial charge in [0.1, 0.15) is 5.75 Å². The van der Waals surface area contributed by atoms with E-state index in [-0.39, 0.29) is 43.3 Å². The van der Waals surface area contributed by atoms with Crippen LogP contribution in [0.2, 0.25) is 5.02 Å². The topological polar surface area (TPSA) is 31.2 Å². The van der Waals surface area contributed by atoms with E-state index in [4.69, 9.17) is 16.3 Å². The second-order valence-corrected chi connectivity index (χ2v) is 4.52. The van der Waals surface area contributed by atoms with Gasteiger partial charge in [-0.15, -0.1) is 6.07 Å². The number of benzene rings is 1. The molecule has 0 spiro atoms. The van der Waals surface area contributed by atoms with Crippen LogP contribution in [0.15, 0.2) is 29.1 Å². The van der Waals surface area contributed by atoms with Crippen molar-refractivity contribution in [2.24, 2.45) is 0 Å². The van der Waals surface area contributed by atoms with Crippen LogP contribution in [0.25, 0.3) is 11.3 Å². The first kappa shape index (κ1) is 18.3. The molecule has 109 valence electrons. The Morgan fingerprint density at radius 3 is 2.67 bits per heavy atom. The van der Waals surface area contributed by atoms with Crippen LogP contribution in [0.1, 0.15) is 13.8 Å². The monoisotopic (exact) mass is 383 g/mol. The number of nitrogens with zero attached hydrogens (tertiary/aromatic N) is 1. The smallest absolute Gasteiger partial charge is 0.212 e. The molecular weight excluding hydrogens is 370 g/mol.